The molecule has 0 bridgehead atoms. The van der Waals surface area contributed by atoms with Crippen molar-refractivity contribution in [3.8, 4) is 0 Å². The van der Waals surface area contributed by atoms with E-state index in [4.69, 9.17) is 9.47 Å². The van der Waals surface area contributed by atoms with Crippen LogP contribution in [0, 0.1) is 0 Å². The number of nitrogens with one attached hydrogen (secondary N) is 1. The molecule has 0 aliphatic heterocycles. The summed E-state index contributed by atoms with van der Waals surface area (Å²) in [6, 6.07) is 0.491. The molecule has 1 N–H and O–H groups in total. The zero-order chi connectivity index (χ0) is 11.0. The summed E-state index contributed by atoms with van der Waals surface area (Å²) in [6.45, 7) is 4.01. The minimum atomic E-state index is -0.142. The third-order valence-electron chi connectivity index (χ3n) is 2.17. The molecule has 1 unspecified atom stereocenters. The quantitative estimate of drug-likeness (QED) is 0.585. The van der Waals surface area contributed by atoms with Crippen LogP contribution < -0.4 is 5.32 Å². The monoisotopic (exact) mass is 204 g/mol. The Balaban J connectivity index is 3.46. The summed E-state index contributed by atoms with van der Waals surface area (Å²) in [6.07, 6.45) is 0.990. The largest absolute Gasteiger partial charge is 0.355 e. The summed E-state index contributed by atoms with van der Waals surface area (Å²) in [4.78, 5) is 2.18. The van der Waals surface area contributed by atoms with Crippen molar-refractivity contribution in [2.24, 2.45) is 0 Å². The maximum absolute atomic E-state index is 5.08. The normalized spacial score (nSPS) is 13.9. The second-order valence-electron chi connectivity index (χ2n) is 3.80. The molecular formula is C10H24N2O2. The maximum atomic E-state index is 5.08. The first-order valence-electron chi connectivity index (χ1n) is 5.03. The van der Waals surface area contributed by atoms with Gasteiger partial charge in [0.1, 0.15) is 0 Å². The molecule has 0 aromatic carbocycles. The lowest BCUT2D eigenvalue weighted by atomic mass is 10.2. The van der Waals surface area contributed by atoms with Gasteiger partial charge in [0, 0.05) is 26.8 Å². The van der Waals surface area contributed by atoms with E-state index in [-0.39, 0.29) is 6.29 Å². The number of methoxy groups -OCH3 is 2. The van der Waals surface area contributed by atoms with E-state index in [1.54, 1.807) is 14.2 Å². The molecule has 0 aliphatic rings. The van der Waals surface area contributed by atoms with E-state index >= 15 is 0 Å². The molecule has 0 saturated carbocycles. The summed E-state index contributed by atoms with van der Waals surface area (Å²) >= 11 is 0. The molecule has 0 spiro atoms. The summed E-state index contributed by atoms with van der Waals surface area (Å²) in [5.41, 5.74) is 0. The standard InChI is InChI=1S/C10H24N2O2/c1-9(6-7-12(2)3)11-8-10(13-4)14-5/h9-11H,6-8H2,1-5H3. The number of hydrogen-bond acceptors (Lipinski definition) is 4. The summed E-state index contributed by atoms with van der Waals surface area (Å²) in [5.74, 6) is 0. The Bertz CT molecular complexity index is 127. The minimum absolute atomic E-state index is 0.142. The van der Waals surface area contributed by atoms with E-state index in [0.717, 1.165) is 19.5 Å². The van der Waals surface area contributed by atoms with Gasteiger partial charge in [-0.15, -0.1) is 0 Å². The number of nitrogens with zero attached hydrogens (tertiary/aromatic N) is 1. The Kier molecular flexibility index (Phi) is 8.08. The molecule has 0 aromatic heterocycles. The highest BCUT2D eigenvalue weighted by Crippen LogP contribution is 1.94. The molecule has 4 heteroatoms. The lowest BCUT2D eigenvalue weighted by Crippen LogP contribution is -2.37. The number of hydrogen-bond donors (Lipinski definition) is 1. The maximum Gasteiger partial charge on any atom is 0.169 e. The molecule has 14 heavy (non-hydrogen) atoms. The fraction of sp³-hybridized carbons (Fsp3) is 1.00. The lowest BCUT2D eigenvalue weighted by Gasteiger charge is -2.19. The van der Waals surface area contributed by atoms with E-state index in [0.29, 0.717) is 6.04 Å². The number of ether oxygens (including phenoxy) is 2. The van der Waals surface area contributed by atoms with Crippen LogP contribution in [0.25, 0.3) is 0 Å². The summed E-state index contributed by atoms with van der Waals surface area (Å²) < 4.78 is 10.2. The van der Waals surface area contributed by atoms with E-state index in [1.807, 2.05) is 0 Å². The van der Waals surface area contributed by atoms with Crippen molar-refractivity contribution in [2.75, 3.05) is 41.4 Å². The molecule has 4 nitrogen and oxygen atoms in total. The molecule has 1 atom stereocenters. The van der Waals surface area contributed by atoms with E-state index in [2.05, 4.69) is 31.2 Å². The van der Waals surface area contributed by atoms with Gasteiger partial charge >= 0.3 is 0 Å². The van der Waals surface area contributed by atoms with Gasteiger partial charge in [0.05, 0.1) is 0 Å². The Morgan fingerprint density at radius 3 is 2.21 bits per heavy atom. The van der Waals surface area contributed by atoms with Gasteiger partial charge in [-0.25, -0.2) is 0 Å². The van der Waals surface area contributed by atoms with E-state index in [1.165, 1.54) is 0 Å². The predicted molar refractivity (Wildman–Crippen MR) is 58.4 cm³/mol. The van der Waals surface area contributed by atoms with Crippen LogP contribution in [0.3, 0.4) is 0 Å². The van der Waals surface area contributed by atoms with Crippen molar-refractivity contribution in [3.63, 3.8) is 0 Å². The molecule has 0 saturated heterocycles. The van der Waals surface area contributed by atoms with E-state index in [9.17, 15) is 0 Å². The first-order valence-corrected chi connectivity index (χ1v) is 5.03. The summed E-state index contributed by atoms with van der Waals surface area (Å²) in [7, 11) is 7.47. The summed E-state index contributed by atoms with van der Waals surface area (Å²) in [5, 5.41) is 3.36. The molecule has 0 aromatic rings. The second kappa shape index (κ2) is 8.17. The van der Waals surface area contributed by atoms with Gasteiger partial charge in [0.15, 0.2) is 6.29 Å². The average Bonchev–Trinajstić information content (AvgIpc) is 2.16. The highest BCUT2D eigenvalue weighted by Gasteiger charge is 2.07. The van der Waals surface area contributed by atoms with Crippen LogP contribution in [0.15, 0.2) is 0 Å². The molecule has 0 fully saturated rings. The Labute approximate surface area is 87.6 Å². The van der Waals surface area contributed by atoms with Crippen LogP contribution in [0.2, 0.25) is 0 Å². The van der Waals surface area contributed by atoms with Crippen molar-refractivity contribution in [2.45, 2.75) is 25.7 Å². The highest BCUT2D eigenvalue weighted by atomic mass is 16.7. The number of rotatable bonds is 8. The van der Waals surface area contributed by atoms with Gasteiger partial charge in [-0.1, -0.05) is 0 Å². The van der Waals surface area contributed by atoms with Gasteiger partial charge < -0.3 is 19.7 Å². The van der Waals surface area contributed by atoms with Crippen molar-refractivity contribution < 1.29 is 9.47 Å². The van der Waals surface area contributed by atoms with E-state index < -0.39 is 0 Å². The topological polar surface area (TPSA) is 33.7 Å². The molecular weight excluding hydrogens is 180 g/mol. The van der Waals surface area contributed by atoms with Gasteiger partial charge in [0.25, 0.3) is 0 Å². The van der Waals surface area contributed by atoms with Gasteiger partial charge in [-0.05, 0) is 34.0 Å². The van der Waals surface area contributed by atoms with Crippen molar-refractivity contribution in [1.82, 2.24) is 10.2 Å². The van der Waals surface area contributed by atoms with Crippen LogP contribution in [-0.4, -0.2) is 58.6 Å². The van der Waals surface area contributed by atoms with Crippen LogP contribution >= 0.6 is 0 Å². The minimum Gasteiger partial charge on any atom is -0.355 e. The third kappa shape index (κ3) is 7.26. The van der Waals surface area contributed by atoms with Crippen LogP contribution in [0.1, 0.15) is 13.3 Å². The Morgan fingerprint density at radius 2 is 1.79 bits per heavy atom. The van der Waals surface area contributed by atoms with Crippen molar-refractivity contribution in [3.05, 3.63) is 0 Å². The average molecular weight is 204 g/mol. The highest BCUT2D eigenvalue weighted by molar-refractivity contribution is 4.63. The molecule has 0 amide bonds. The second-order valence-corrected chi connectivity index (χ2v) is 3.80. The molecule has 0 radical (unpaired) electrons. The molecule has 86 valence electrons. The van der Waals surface area contributed by atoms with Crippen molar-refractivity contribution in [1.29, 1.82) is 0 Å². The fourth-order valence-corrected chi connectivity index (χ4v) is 1.11. The molecule has 0 aliphatic carbocycles. The third-order valence-corrected chi connectivity index (χ3v) is 2.17. The first kappa shape index (κ1) is 13.8. The van der Waals surface area contributed by atoms with Gasteiger partial charge in [-0.2, -0.15) is 0 Å². The SMILES string of the molecule is COC(CNC(C)CCN(C)C)OC. The fourth-order valence-electron chi connectivity index (χ4n) is 1.11. The Hall–Kier alpha value is -0.160. The first-order chi connectivity index (χ1) is 6.60. The van der Waals surface area contributed by atoms with Crippen LogP contribution in [0.5, 0.6) is 0 Å². The van der Waals surface area contributed by atoms with Crippen molar-refractivity contribution >= 4 is 0 Å². The molecule has 0 heterocycles. The predicted octanol–water partition coefficient (Wildman–Crippen LogP) is 0.535. The van der Waals surface area contributed by atoms with Gasteiger partial charge in [-0.3, -0.25) is 0 Å². The zero-order valence-electron chi connectivity index (χ0n) is 10.0. The lowest BCUT2D eigenvalue weighted by molar-refractivity contribution is -0.0997. The Morgan fingerprint density at radius 1 is 1.21 bits per heavy atom. The van der Waals surface area contributed by atoms with Crippen LogP contribution in [-0.2, 0) is 9.47 Å². The van der Waals surface area contributed by atoms with Gasteiger partial charge in [0.2, 0.25) is 0 Å². The smallest absolute Gasteiger partial charge is 0.169 e. The molecule has 0 rings (SSSR count). The van der Waals surface area contributed by atoms with Crippen LogP contribution in [0.4, 0.5) is 0 Å². The zero-order valence-corrected chi connectivity index (χ0v) is 10.0.